The van der Waals surface area contributed by atoms with Gasteiger partial charge in [-0.1, -0.05) is 24.9 Å². The van der Waals surface area contributed by atoms with Gasteiger partial charge in [-0.2, -0.15) is 5.10 Å². The molecule has 0 bridgehead atoms. The van der Waals surface area contributed by atoms with Crippen molar-refractivity contribution in [3.05, 3.63) is 70.8 Å². The number of hydrogen-bond acceptors (Lipinski definition) is 3. The van der Waals surface area contributed by atoms with E-state index >= 15 is 0 Å². The van der Waals surface area contributed by atoms with Crippen LogP contribution in [-0.4, -0.2) is 21.6 Å². The van der Waals surface area contributed by atoms with Gasteiger partial charge in [0.05, 0.1) is 34.0 Å². The van der Waals surface area contributed by atoms with Gasteiger partial charge in [0.2, 0.25) is 5.91 Å². The first kappa shape index (κ1) is 20.5. The van der Waals surface area contributed by atoms with Crippen molar-refractivity contribution in [2.24, 2.45) is 0 Å². The van der Waals surface area contributed by atoms with Crippen LogP contribution in [0.1, 0.15) is 36.3 Å². The highest BCUT2D eigenvalue weighted by Crippen LogP contribution is 2.25. The minimum absolute atomic E-state index is 0.249. The molecule has 0 saturated carbocycles. The normalized spacial score (nSPS) is 10.6. The molecule has 0 atom stereocenters. The monoisotopic (exact) mass is 414 g/mol. The Bertz CT molecular complexity index is 1050. The summed E-state index contributed by atoms with van der Waals surface area (Å²) in [5.41, 5.74) is 2.88. The van der Waals surface area contributed by atoms with Crippen LogP contribution in [0.15, 0.2) is 48.7 Å². The van der Waals surface area contributed by atoms with Gasteiger partial charge >= 0.3 is 0 Å². The second-order valence-electron chi connectivity index (χ2n) is 6.47. The van der Waals surface area contributed by atoms with Gasteiger partial charge < -0.3 is 10.6 Å². The van der Waals surface area contributed by atoms with Crippen molar-refractivity contribution in [3.8, 4) is 5.69 Å². The van der Waals surface area contributed by atoms with E-state index in [9.17, 15) is 14.0 Å². The highest BCUT2D eigenvalue weighted by molar-refractivity contribution is 6.34. The average molecular weight is 415 g/mol. The third-order valence-electron chi connectivity index (χ3n) is 4.22. The Labute approximate surface area is 172 Å². The SMILES string of the molecule is CCCc1c(NC(=O)c2ccc(NC(C)=O)c(Cl)c2)cnn1-c1ccc(F)cc1. The lowest BCUT2D eigenvalue weighted by Gasteiger charge is -2.11. The van der Waals surface area contributed by atoms with E-state index in [2.05, 4.69) is 15.7 Å². The first-order valence-corrected chi connectivity index (χ1v) is 9.48. The van der Waals surface area contributed by atoms with Crippen LogP contribution < -0.4 is 10.6 Å². The molecule has 0 saturated heterocycles. The van der Waals surface area contributed by atoms with Crippen LogP contribution in [0.25, 0.3) is 5.69 Å². The Balaban J connectivity index is 1.86. The predicted octanol–water partition coefficient (Wildman–Crippen LogP) is 4.83. The molecule has 2 N–H and O–H groups in total. The zero-order valence-corrected chi connectivity index (χ0v) is 16.8. The first-order chi connectivity index (χ1) is 13.9. The van der Waals surface area contributed by atoms with Crippen molar-refractivity contribution in [3.63, 3.8) is 0 Å². The maximum atomic E-state index is 13.2. The van der Waals surface area contributed by atoms with Gasteiger partial charge in [0, 0.05) is 12.5 Å². The molecule has 3 rings (SSSR count). The molecule has 6 nitrogen and oxygen atoms in total. The molecule has 0 aliphatic carbocycles. The standard InChI is InChI=1S/C21H20ClFN4O2/c1-3-4-20-19(12-24-27(20)16-8-6-15(23)7-9-16)26-21(29)14-5-10-18(17(22)11-14)25-13(2)28/h5-12H,3-4H2,1-2H3,(H,25,28)(H,26,29). The molecule has 8 heteroatoms. The second kappa shape index (κ2) is 8.87. The van der Waals surface area contributed by atoms with E-state index in [1.54, 1.807) is 35.1 Å². The Morgan fingerprint density at radius 3 is 2.45 bits per heavy atom. The third kappa shape index (κ3) is 4.81. The maximum absolute atomic E-state index is 13.2. The highest BCUT2D eigenvalue weighted by Gasteiger charge is 2.16. The number of rotatable bonds is 6. The molecule has 29 heavy (non-hydrogen) atoms. The van der Waals surface area contributed by atoms with Crippen LogP contribution in [0.2, 0.25) is 5.02 Å². The Morgan fingerprint density at radius 2 is 1.83 bits per heavy atom. The topological polar surface area (TPSA) is 76.0 Å². The molecule has 0 radical (unpaired) electrons. The predicted molar refractivity (Wildman–Crippen MR) is 111 cm³/mol. The molecular formula is C21H20ClFN4O2. The Kier molecular flexibility index (Phi) is 6.29. The summed E-state index contributed by atoms with van der Waals surface area (Å²) in [5, 5.41) is 10.1. The molecule has 150 valence electrons. The quantitative estimate of drug-likeness (QED) is 0.606. The fourth-order valence-electron chi connectivity index (χ4n) is 2.90. The van der Waals surface area contributed by atoms with Crippen LogP contribution in [0, 0.1) is 5.82 Å². The van der Waals surface area contributed by atoms with Crippen molar-refractivity contribution in [2.75, 3.05) is 10.6 Å². The van der Waals surface area contributed by atoms with E-state index in [-0.39, 0.29) is 22.7 Å². The molecule has 0 aliphatic rings. The number of carbonyl (C=O) groups excluding carboxylic acids is 2. The van der Waals surface area contributed by atoms with Crippen molar-refractivity contribution in [2.45, 2.75) is 26.7 Å². The summed E-state index contributed by atoms with van der Waals surface area (Å²) in [7, 11) is 0. The zero-order chi connectivity index (χ0) is 21.0. The highest BCUT2D eigenvalue weighted by atomic mass is 35.5. The molecule has 0 spiro atoms. The Morgan fingerprint density at radius 1 is 1.10 bits per heavy atom. The van der Waals surface area contributed by atoms with Crippen LogP contribution >= 0.6 is 11.6 Å². The summed E-state index contributed by atoms with van der Waals surface area (Å²) < 4.78 is 14.9. The van der Waals surface area contributed by atoms with E-state index < -0.39 is 0 Å². The van der Waals surface area contributed by atoms with Crippen LogP contribution in [-0.2, 0) is 11.2 Å². The summed E-state index contributed by atoms with van der Waals surface area (Å²) >= 11 is 6.16. The first-order valence-electron chi connectivity index (χ1n) is 9.10. The van der Waals surface area contributed by atoms with Gasteiger partial charge in [-0.15, -0.1) is 0 Å². The van der Waals surface area contributed by atoms with Gasteiger partial charge in [0.15, 0.2) is 0 Å². The van der Waals surface area contributed by atoms with Crippen LogP contribution in [0.5, 0.6) is 0 Å². The van der Waals surface area contributed by atoms with Crippen molar-refractivity contribution in [1.29, 1.82) is 0 Å². The zero-order valence-electron chi connectivity index (χ0n) is 16.0. The number of amides is 2. The molecule has 0 unspecified atom stereocenters. The van der Waals surface area contributed by atoms with Gasteiger partial charge in [0.1, 0.15) is 5.82 Å². The lowest BCUT2D eigenvalue weighted by molar-refractivity contribution is -0.114. The molecule has 1 aromatic heterocycles. The molecule has 2 aromatic carbocycles. The number of aromatic nitrogens is 2. The minimum atomic E-state index is -0.350. The number of hydrogen-bond donors (Lipinski definition) is 2. The van der Waals surface area contributed by atoms with E-state index in [4.69, 9.17) is 11.6 Å². The summed E-state index contributed by atoms with van der Waals surface area (Å²) in [5.74, 6) is -0.926. The van der Waals surface area contributed by atoms with Crippen molar-refractivity contribution in [1.82, 2.24) is 9.78 Å². The average Bonchev–Trinajstić information content (AvgIpc) is 3.06. The number of nitrogens with zero attached hydrogens (tertiary/aromatic N) is 2. The van der Waals surface area contributed by atoms with Gasteiger partial charge in [-0.25, -0.2) is 9.07 Å². The van der Waals surface area contributed by atoms with E-state index in [0.29, 0.717) is 29.0 Å². The number of anilines is 2. The largest absolute Gasteiger partial charge is 0.325 e. The molecule has 1 heterocycles. The maximum Gasteiger partial charge on any atom is 0.255 e. The Hall–Kier alpha value is -3.19. The van der Waals surface area contributed by atoms with Crippen molar-refractivity contribution >= 4 is 34.8 Å². The lowest BCUT2D eigenvalue weighted by Crippen LogP contribution is -2.14. The van der Waals surface area contributed by atoms with E-state index in [1.807, 2.05) is 6.92 Å². The molecule has 2 amide bonds. The summed E-state index contributed by atoms with van der Waals surface area (Å²) in [6.07, 6.45) is 3.09. The van der Waals surface area contributed by atoms with E-state index in [1.165, 1.54) is 25.1 Å². The second-order valence-corrected chi connectivity index (χ2v) is 6.88. The van der Waals surface area contributed by atoms with Crippen LogP contribution in [0.3, 0.4) is 0 Å². The van der Waals surface area contributed by atoms with Gasteiger partial charge in [0.25, 0.3) is 5.91 Å². The molecular weight excluding hydrogens is 395 g/mol. The minimum Gasteiger partial charge on any atom is -0.325 e. The number of halogens is 2. The number of nitrogens with one attached hydrogen (secondary N) is 2. The third-order valence-corrected chi connectivity index (χ3v) is 4.53. The summed E-state index contributed by atoms with van der Waals surface area (Å²) in [4.78, 5) is 23.9. The summed E-state index contributed by atoms with van der Waals surface area (Å²) in [6.45, 7) is 3.40. The molecule has 0 fully saturated rings. The lowest BCUT2D eigenvalue weighted by atomic mass is 10.1. The van der Waals surface area contributed by atoms with Gasteiger partial charge in [-0.3, -0.25) is 9.59 Å². The van der Waals surface area contributed by atoms with Crippen molar-refractivity contribution < 1.29 is 14.0 Å². The summed E-state index contributed by atoms with van der Waals surface area (Å²) in [6, 6.07) is 10.6. The fraction of sp³-hybridized carbons (Fsp3) is 0.190. The smallest absolute Gasteiger partial charge is 0.255 e. The van der Waals surface area contributed by atoms with Crippen LogP contribution in [0.4, 0.5) is 15.8 Å². The molecule has 0 aliphatic heterocycles. The number of carbonyl (C=O) groups is 2. The molecule has 3 aromatic rings. The number of benzene rings is 2. The van der Waals surface area contributed by atoms with Gasteiger partial charge in [-0.05, 0) is 48.9 Å². The van der Waals surface area contributed by atoms with E-state index in [0.717, 1.165) is 12.1 Å². The fourth-order valence-corrected chi connectivity index (χ4v) is 3.13.